The van der Waals surface area contributed by atoms with Crippen LogP contribution in [0.15, 0.2) is 72.8 Å². The maximum atomic E-state index is 12.6. The van der Waals surface area contributed by atoms with Gasteiger partial charge in [0.05, 0.1) is 0 Å². The number of fused-ring (bicyclic) bond motifs is 1. The van der Waals surface area contributed by atoms with Crippen LogP contribution in [0, 0.1) is 0 Å². The lowest BCUT2D eigenvalue weighted by molar-refractivity contribution is 0.0953. The Morgan fingerprint density at radius 1 is 0.821 bits per heavy atom. The summed E-state index contributed by atoms with van der Waals surface area (Å²) in [5, 5.41) is 5.21. The molecule has 1 aliphatic rings. The number of nitrogens with one attached hydrogen (secondary N) is 1. The molecule has 3 aromatic rings. The van der Waals surface area contributed by atoms with Gasteiger partial charge in [0.15, 0.2) is 0 Å². The van der Waals surface area contributed by atoms with Gasteiger partial charge in [0, 0.05) is 44.0 Å². The van der Waals surface area contributed by atoms with E-state index in [1.807, 2.05) is 42.5 Å². The third-order valence-electron chi connectivity index (χ3n) is 5.46. The monoisotopic (exact) mass is 373 g/mol. The summed E-state index contributed by atoms with van der Waals surface area (Å²) in [7, 11) is 0. The predicted molar refractivity (Wildman–Crippen MR) is 116 cm³/mol. The van der Waals surface area contributed by atoms with Gasteiger partial charge in [-0.05, 0) is 41.9 Å². The Balaban J connectivity index is 1.21. The van der Waals surface area contributed by atoms with Crippen molar-refractivity contribution >= 4 is 22.4 Å². The Morgan fingerprint density at radius 2 is 1.54 bits per heavy atom. The Hall–Kier alpha value is -2.85. The summed E-state index contributed by atoms with van der Waals surface area (Å²) < 4.78 is 0. The van der Waals surface area contributed by atoms with E-state index in [0.29, 0.717) is 6.54 Å². The van der Waals surface area contributed by atoms with Crippen LogP contribution in [0.4, 0.5) is 5.69 Å². The number of piperazine rings is 1. The molecule has 0 unspecified atom stereocenters. The molecule has 1 aliphatic heterocycles. The minimum absolute atomic E-state index is 0.0192. The average molecular weight is 374 g/mol. The van der Waals surface area contributed by atoms with E-state index in [2.05, 4.69) is 45.4 Å². The van der Waals surface area contributed by atoms with Crippen molar-refractivity contribution in [3.05, 3.63) is 78.4 Å². The Bertz CT molecular complexity index is 912. The third-order valence-corrected chi connectivity index (χ3v) is 5.46. The van der Waals surface area contributed by atoms with Crippen LogP contribution in [-0.4, -0.2) is 50.1 Å². The van der Waals surface area contributed by atoms with Crippen LogP contribution in [0.3, 0.4) is 0 Å². The number of rotatable bonds is 6. The number of hydrogen-bond acceptors (Lipinski definition) is 3. The number of nitrogens with zero attached hydrogens (tertiary/aromatic N) is 2. The molecule has 0 saturated carbocycles. The van der Waals surface area contributed by atoms with Crippen LogP contribution in [-0.2, 0) is 0 Å². The SMILES string of the molecule is O=C(NCCCN1CCN(c2ccccc2)CC1)c1cccc2ccccc12. The van der Waals surface area contributed by atoms with E-state index >= 15 is 0 Å². The summed E-state index contributed by atoms with van der Waals surface area (Å²) in [5.41, 5.74) is 2.07. The first-order valence-corrected chi connectivity index (χ1v) is 10.1. The molecule has 4 heteroatoms. The highest BCUT2D eigenvalue weighted by Gasteiger charge is 2.16. The lowest BCUT2D eigenvalue weighted by Gasteiger charge is -2.36. The fourth-order valence-corrected chi connectivity index (χ4v) is 3.89. The largest absolute Gasteiger partial charge is 0.369 e. The lowest BCUT2D eigenvalue weighted by Crippen LogP contribution is -2.47. The van der Waals surface area contributed by atoms with Gasteiger partial charge in [0.25, 0.3) is 5.91 Å². The summed E-state index contributed by atoms with van der Waals surface area (Å²) in [6.45, 7) is 6.01. The molecule has 0 aromatic heterocycles. The van der Waals surface area contributed by atoms with E-state index in [0.717, 1.165) is 55.5 Å². The fraction of sp³-hybridized carbons (Fsp3) is 0.292. The maximum Gasteiger partial charge on any atom is 0.251 e. The zero-order valence-corrected chi connectivity index (χ0v) is 16.2. The van der Waals surface area contributed by atoms with Crippen molar-refractivity contribution in [3.8, 4) is 0 Å². The molecule has 1 saturated heterocycles. The molecular weight excluding hydrogens is 346 g/mol. The zero-order valence-electron chi connectivity index (χ0n) is 16.2. The van der Waals surface area contributed by atoms with Crippen LogP contribution >= 0.6 is 0 Å². The number of benzene rings is 3. The van der Waals surface area contributed by atoms with Crippen LogP contribution in [0.5, 0.6) is 0 Å². The first-order chi connectivity index (χ1) is 13.8. The third kappa shape index (κ3) is 4.34. The second-order valence-electron chi connectivity index (χ2n) is 7.30. The van der Waals surface area contributed by atoms with Gasteiger partial charge in [-0.15, -0.1) is 0 Å². The second-order valence-corrected chi connectivity index (χ2v) is 7.30. The normalized spacial score (nSPS) is 14.9. The van der Waals surface area contributed by atoms with Crippen LogP contribution in [0.2, 0.25) is 0 Å². The minimum Gasteiger partial charge on any atom is -0.369 e. The molecule has 1 heterocycles. The summed E-state index contributed by atoms with van der Waals surface area (Å²) in [5.74, 6) is 0.0192. The zero-order chi connectivity index (χ0) is 19.2. The van der Waals surface area contributed by atoms with Gasteiger partial charge >= 0.3 is 0 Å². The Labute approximate surface area is 166 Å². The van der Waals surface area contributed by atoms with Gasteiger partial charge in [0.1, 0.15) is 0 Å². The molecular formula is C24H27N3O. The van der Waals surface area contributed by atoms with Crippen molar-refractivity contribution in [2.75, 3.05) is 44.2 Å². The van der Waals surface area contributed by atoms with Crippen molar-refractivity contribution in [2.24, 2.45) is 0 Å². The summed E-state index contributed by atoms with van der Waals surface area (Å²) in [6, 6.07) is 24.5. The molecule has 0 bridgehead atoms. The number of carbonyl (C=O) groups is 1. The van der Waals surface area contributed by atoms with Crippen molar-refractivity contribution in [1.29, 1.82) is 0 Å². The standard InChI is InChI=1S/C24H27N3O/c28-24(23-13-6-9-20-8-4-5-12-22(20)23)25-14-7-15-26-16-18-27(19-17-26)21-10-2-1-3-11-21/h1-6,8-13H,7,14-19H2,(H,25,28). The topological polar surface area (TPSA) is 35.6 Å². The molecule has 4 nitrogen and oxygen atoms in total. The summed E-state index contributed by atoms with van der Waals surface area (Å²) in [4.78, 5) is 17.5. The molecule has 1 amide bonds. The van der Waals surface area contributed by atoms with Gasteiger partial charge in [-0.2, -0.15) is 0 Å². The van der Waals surface area contributed by atoms with Crippen LogP contribution in [0.1, 0.15) is 16.8 Å². The lowest BCUT2D eigenvalue weighted by atomic mass is 10.0. The maximum absolute atomic E-state index is 12.6. The fourth-order valence-electron chi connectivity index (χ4n) is 3.89. The molecule has 28 heavy (non-hydrogen) atoms. The number of anilines is 1. The molecule has 144 valence electrons. The number of hydrogen-bond donors (Lipinski definition) is 1. The van der Waals surface area contributed by atoms with Gasteiger partial charge < -0.3 is 10.2 Å². The van der Waals surface area contributed by atoms with Crippen LogP contribution < -0.4 is 10.2 Å². The van der Waals surface area contributed by atoms with Crippen molar-refractivity contribution in [3.63, 3.8) is 0 Å². The minimum atomic E-state index is 0.0192. The van der Waals surface area contributed by atoms with Gasteiger partial charge in [-0.25, -0.2) is 0 Å². The molecule has 4 rings (SSSR count). The highest BCUT2D eigenvalue weighted by molar-refractivity contribution is 6.06. The highest BCUT2D eigenvalue weighted by Crippen LogP contribution is 2.18. The molecule has 0 radical (unpaired) electrons. The molecule has 1 N–H and O–H groups in total. The first kappa shape index (κ1) is 18.5. The second kappa shape index (κ2) is 8.89. The molecule has 0 aliphatic carbocycles. The van der Waals surface area contributed by atoms with Gasteiger partial charge in [-0.1, -0.05) is 54.6 Å². The van der Waals surface area contributed by atoms with Crippen molar-refractivity contribution in [2.45, 2.75) is 6.42 Å². The van der Waals surface area contributed by atoms with E-state index in [1.54, 1.807) is 0 Å². The Morgan fingerprint density at radius 3 is 2.36 bits per heavy atom. The van der Waals surface area contributed by atoms with E-state index in [-0.39, 0.29) is 5.91 Å². The quantitative estimate of drug-likeness (QED) is 0.668. The summed E-state index contributed by atoms with van der Waals surface area (Å²) in [6.07, 6.45) is 0.974. The van der Waals surface area contributed by atoms with Gasteiger partial charge in [0.2, 0.25) is 0 Å². The van der Waals surface area contributed by atoms with Gasteiger partial charge in [-0.3, -0.25) is 9.69 Å². The number of carbonyl (C=O) groups excluding carboxylic acids is 1. The number of amides is 1. The molecule has 0 atom stereocenters. The predicted octanol–water partition coefficient (Wildman–Crippen LogP) is 3.78. The number of para-hydroxylation sites is 1. The van der Waals surface area contributed by atoms with E-state index in [9.17, 15) is 4.79 Å². The van der Waals surface area contributed by atoms with Crippen molar-refractivity contribution in [1.82, 2.24) is 10.2 Å². The smallest absolute Gasteiger partial charge is 0.251 e. The molecule has 0 spiro atoms. The summed E-state index contributed by atoms with van der Waals surface area (Å²) >= 11 is 0. The van der Waals surface area contributed by atoms with E-state index in [1.165, 1.54) is 5.69 Å². The Kier molecular flexibility index (Phi) is 5.88. The molecule has 1 fully saturated rings. The highest BCUT2D eigenvalue weighted by atomic mass is 16.1. The first-order valence-electron chi connectivity index (χ1n) is 10.1. The van der Waals surface area contributed by atoms with Crippen LogP contribution in [0.25, 0.3) is 10.8 Å². The van der Waals surface area contributed by atoms with E-state index < -0.39 is 0 Å². The molecule has 3 aromatic carbocycles. The average Bonchev–Trinajstić information content (AvgIpc) is 2.77. The van der Waals surface area contributed by atoms with Crippen molar-refractivity contribution < 1.29 is 4.79 Å². The van der Waals surface area contributed by atoms with E-state index in [4.69, 9.17) is 0 Å².